The van der Waals surface area contributed by atoms with Crippen molar-refractivity contribution in [2.45, 2.75) is 12.1 Å². The number of halogens is 1. The number of alkyl halides is 1. The topological polar surface area (TPSA) is 32.3 Å². The summed E-state index contributed by atoms with van der Waals surface area (Å²) in [7, 11) is 3.14. The third-order valence-corrected chi connectivity index (χ3v) is 1.89. The lowest BCUT2D eigenvalue weighted by molar-refractivity contribution is -0.140. The fourth-order valence-corrected chi connectivity index (χ4v) is 1.24. The van der Waals surface area contributed by atoms with Crippen LogP contribution in [0, 0.1) is 0 Å². The van der Waals surface area contributed by atoms with E-state index in [2.05, 4.69) is 5.32 Å². The summed E-state index contributed by atoms with van der Waals surface area (Å²) in [6, 6.07) is 0. The Morgan fingerprint density at radius 3 is 2.64 bits per heavy atom. The van der Waals surface area contributed by atoms with E-state index in [-0.39, 0.29) is 6.54 Å². The Balaban J connectivity index is 2.64. The molecule has 64 valence electrons. The summed E-state index contributed by atoms with van der Waals surface area (Å²) in [5.41, 5.74) is -1.65. The second-order valence-corrected chi connectivity index (χ2v) is 3.09. The molecule has 0 bridgehead atoms. The summed E-state index contributed by atoms with van der Waals surface area (Å²) in [5.74, 6) is -0.428. The number of hydrogen-bond donors (Lipinski definition) is 1. The average molecular weight is 160 g/mol. The minimum atomic E-state index is -1.65. The van der Waals surface area contributed by atoms with Gasteiger partial charge in [0.1, 0.15) is 0 Å². The average Bonchev–Trinajstić information content (AvgIpc) is 2.35. The van der Waals surface area contributed by atoms with Crippen molar-refractivity contribution in [1.29, 1.82) is 0 Å². The van der Waals surface area contributed by atoms with Crippen LogP contribution < -0.4 is 5.32 Å². The Morgan fingerprint density at radius 2 is 2.27 bits per heavy atom. The normalized spacial score (nSPS) is 30.5. The smallest absolute Gasteiger partial charge is 0.261 e. The first kappa shape index (κ1) is 8.46. The Bertz CT molecular complexity index is 164. The van der Waals surface area contributed by atoms with Gasteiger partial charge in [-0.05, 0) is 6.54 Å². The lowest BCUT2D eigenvalue weighted by atomic mass is 10.0. The van der Waals surface area contributed by atoms with Crippen molar-refractivity contribution in [2.75, 3.05) is 27.2 Å². The molecule has 1 aliphatic heterocycles. The molecule has 3 nitrogen and oxygen atoms in total. The molecule has 1 fully saturated rings. The van der Waals surface area contributed by atoms with Crippen LogP contribution in [0.1, 0.15) is 6.42 Å². The first-order valence-corrected chi connectivity index (χ1v) is 3.68. The summed E-state index contributed by atoms with van der Waals surface area (Å²) < 4.78 is 13.5. The summed E-state index contributed by atoms with van der Waals surface area (Å²) in [5, 5.41) is 2.83. The number of nitrogens with zero attached hydrogens (tertiary/aromatic N) is 1. The van der Waals surface area contributed by atoms with Crippen molar-refractivity contribution in [3.05, 3.63) is 0 Å². The van der Waals surface area contributed by atoms with Gasteiger partial charge in [-0.2, -0.15) is 0 Å². The summed E-state index contributed by atoms with van der Waals surface area (Å²) in [6.45, 7) is 0.750. The minimum absolute atomic E-state index is 0.157. The Hall–Kier alpha value is -0.640. The van der Waals surface area contributed by atoms with Gasteiger partial charge < -0.3 is 10.2 Å². The molecule has 0 aromatic carbocycles. The zero-order valence-corrected chi connectivity index (χ0v) is 6.85. The van der Waals surface area contributed by atoms with Gasteiger partial charge in [0.05, 0.1) is 0 Å². The maximum atomic E-state index is 13.5. The van der Waals surface area contributed by atoms with Crippen LogP contribution in [-0.4, -0.2) is 43.7 Å². The monoisotopic (exact) mass is 160 g/mol. The predicted molar refractivity (Wildman–Crippen MR) is 40.0 cm³/mol. The maximum absolute atomic E-state index is 13.5. The van der Waals surface area contributed by atoms with Gasteiger partial charge >= 0.3 is 0 Å². The Kier molecular flexibility index (Phi) is 2.13. The molecule has 0 aromatic heterocycles. The van der Waals surface area contributed by atoms with Gasteiger partial charge in [0.15, 0.2) is 0 Å². The van der Waals surface area contributed by atoms with Crippen LogP contribution in [-0.2, 0) is 4.79 Å². The highest BCUT2D eigenvalue weighted by molar-refractivity contribution is 5.85. The second-order valence-electron chi connectivity index (χ2n) is 3.09. The molecule has 0 saturated carbocycles. The predicted octanol–water partition coefficient (Wildman–Crippen LogP) is -0.224. The molecule has 0 radical (unpaired) electrons. The van der Waals surface area contributed by atoms with Crippen molar-refractivity contribution >= 4 is 5.91 Å². The molecule has 0 unspecified atom stereocenters. The van der Waals surface area contributed by atoms with Crippen LogP contribution in [0.3, 0.4) is 0 Å². The van der Waals surface area contributed by atoms with Gasteiger partial charge in [0.2, 0.25) is 5.67 Å². The Labute approximate surface area is 65.6 Å². The van der Waals surface area contributed by atoms with E-state index in [1.54, 1.807) is 14.1 Å². The zero-order chi connectivity index (χ0) is 8.48. The van der Waals surface area contributed by atoms with Crippen molar-refractivity contribution in [1.82, 2.24) is 10.2 Å². The van der Waals surface area contributed by atoms with Crippen molar-refractivity contribution in [3.8, 4) is 0 Å². The van der Waals surface area contributed by atoms with E-state index in [0.717, 1.165) is 0 Å². The van der Waals surface area contributed by atoms with E-state index in [1.165, 1.54) is 4.90 Å². The van der Waals surface area contributed by atoms with Crippen LogP contribution >= 0.6 is 0 Å². The number of rotatable bonds is 1. The lowest BCUT2D eigenvalue weighted by Crippen LogP contribution is -2.44. The van der Waals surface area contributed by atoms with Gasteiger partial charge in [0.25, 0.3) is 5.91 Å². The van der Waals surface area contributed by atoms with E-state index >= 15 is 0 Å². The maximum Gasteiger partial charge on any atom is 0.261 e. The van der Waals surface area contributed by atoms with Crippen molar-refractivity contribution < 1.29 is 9.18 Å². The highest BCUT2D eigenvalue weighted by Crippen LogP contribution is 2.21. The molecule has 1 heterocycles. The second kappa shape index (κ2) is 2.77. The van der Waals surface area contributed by atoms with E-state index < -0.39 is 11.6 Å². The standard InChI is InChI=1S/C7H13FN2O/c1-10(2)6(11)7(8)3-4-9-5-7/h9H,3-5H2,1-2H3/t7-/m1/s1. The largest absolute Gasteiger partial charge is 0.346 e. The minimum Gasteiger partial charge on any atom is -0.346 e. The Morgan fingerprint density at radius 1 is 1.64 bits per heavy atom. The summed E-state index contributed by atoms with van der Waals surface area (Å²) >= 11 is 0. The fraction of sp³-hybridized carbons (Fsp3) is 0.857. The molecule has 0 spiro atoms. The molecule has 1 saturated heterocycles. The molecule has 11 heavy (non-hydrogen) atoms. The number of carbonyl (C=O) groups is 1. The van der Waals surface area contributed by atoms with Gasteiger partial charge in [-0.3, -0.25) is 4.79 Å². The lowest BCUT2D eigenvalue weighted by Gasteiger charge is -2.21. The van der Waals surface area contributed by atoms with Crippen LogP contribution in [0.15, 0.2) is 0 Å². The molecule has 1 N–H and O–H groups in total. The summed E-state index contributed by atoms with van der Waals surface area (Å²) in [6.07, 6.45) is 0.296. The highest BCUT2D eigenvalue weighted by Gasteiger charge is 2.42. The SMILES string of the molecule is CN(C)C(=O)[C@@]1(F)CCNC1. The quantitative estimate of drug-likeness (QED) is 0.575. The van der Waals surface area contributed by atoms with Gasteiger partial charge in [0, 0.05) is 27.1 Å². The number of carbonyl (C=O) groups excluding carboxylic acids is 1. The molecule has 0 aliphatic carbocycles. The molecular weight excluding hydrogens is 147 g/mol. The number of amides is 1. The van der Waals surface area contributed by atoms with E-state index in [1.807, 2.05) is 0 Å². The molecule has 4 heteroatoms. The van der Waals surface area contributed by atoms with Gasteiger partial charge in [-0.15, -0.1) is 0 Å². The molecule has 1 amide bonds. The van der Waals surface area contributed by atoms with Crippen molar-refractivity contribution in [2.24, 2.45) is 0 Å². The van der Waals surface area contributed by atoms with E-state index in [9.17, 15) is 9.18 Å². The van der Waals surface area contributed by atoms with E-state index in [0.29, 0.717) is 13.0 Å². The van der Waals surface area contributed by atoms with Crippen molar-refractivity contribution in [3.63, 3.8) is 0 Å². The van der Waals surface area contributed by atoms with Gasteiger partial charge in [-0.25, -0.2) is 4.39 Å². The van der Waals surface area contributed by atoms with Crippen LogP contribution in [0.5, 0.6) is 0 Å². The molecular formula is C7H13FN2O. The van der Waals surface area contributed by atoms with Crippen LogP contribution in [0.25, 0.3) is 0 Å². The van der Waals surface area contributed by atoms with E-state index in [4.69, 9.17) is 0 Å². The number of hydrogen-bond acceptors (Lipinski definition) is 2. The summed E-state index contributed by atoms with van der Waals surface area (Å²) in [4.78, 5) is 12.5. The van der Waals surface area contributed by atoms with Crippen LogP contribution in [0.4, 0.5) is 4.39 Å². The number of nitrogens with one attached hydrogen (secondary N) is 1. The van der Waals surface area contributed by atoms with Gasteiger partial charge in [-0.1, -0.05) is 0 Å². The molecule has 1 aliphatic rings. The molecule has 0 aromatic rings. The molecule has 1 atom stereocenters. The highest BCUT2D eigenvalue weighted by atomic mass is 19.1. The third-order valence-electron chi connectivity index (χ3n) is 1.89. The third kappa shape index (κ3) is 1.50. The first-order chi connectivity index (χ1) is 5.06. The zero-order valence-electron chi connectivity index (χ0n) is 6.85. The first-order valence-electron chi connectivity index (χ1n) is 3.68. The van der Waals surface area contributed by atoms with Crippen LogP contribution in [0.2, 0.25) is 0 Å². The fourth-order valence-electron chi connectivity index (χ4n) is 1.24. The molecule has 1 rings (SSSR count).